The Morgan fingerprint density at radius 1 is 1.06 bits per heavy atom. The Morgan fingerprint density at radius 3 is 2.42 bits per heavy atom. The van der Waals surface area contributed by atoms with Crippen LogP contribution in [0.15, 0.2) is 12.5 Å². The van der Waals surface area contributed by atoms with Crippen molar-refractivity contribution in [1.82, 2.24) is 34.9 Å². The van der Waals surface area contributed by atoms with Gasteiger partial charge in [0.15, 0.2) is 5.65 Å². The molecule has 0 bridgehead atoms. The first-order chi connectivity index (χ1) is 15.8. The van der Waals surface area contributed by atoms with Crippen molar-refractivity contribution in [2.45, 2.75) is 39.7 Å². The lowest BCUT2D eigenvalue weighted by Crippen LogP contribution is -2.52. The van der Waals surface area contributed by atoms with Gasteiger partial charge in [-0.25, -0.2) is 9.97 Å². The molecule has 2 fully saturated rings. The van der Waals surface area contributed by atoms with E-state index in [-0.39, 0.29) is 23.8 Å². The van der Waals surface area contributed by atoms with Gasteiger partial charge in [0.25, 0.3) is 0 Å². The summed E-state index contributed by atoms with van der Waals surface area (Å²) in [4.78, 5) is 40.5. The second-order valence-electron chi connectivity index (χ2n) is 9.66. The van der Waals surface area contributed by atoms with Gasteiger partial charge in [-0.05, 0) is 38.8 Å². The number of aromatic nitrogens is 4. The maximum Gasteiger partial charge on any atom is 0.236 e. The summed E-state index contributed by atoms with van der Waals surface area (Å²) >= 11 is 0. The van der Waals surface area contributed by atoms with Gasteiger partial charge in [-0.3, -0.25) is 19.2 Å². The third-order valence-electron chi connectivity index (χ3n) is 7.13. The van der Waals surface area contributed by atoms with Crippen LogP contribution >= 0.6 is 0 Å². The summed E-state index contributed by atoms with van der Waals surface area (Å²) in [5.41, 5.74) is 0.814. The van der Waals surface area contributed by atoms with E-state index in [0.717, 1.165) is 55.9 Å². The zero-order valence-corrected chi connectivity index (χ0v) is 20.2. The minimum atomic E-state index is 0.0540. The van der Waals surface area contributed by atoms with E-state index in [1.54, 1.807) is 17.2 Å². The second kappa shape index (κ2) is 10.0. The Balaban J connectivity index is 1.23. The molecule has 0 spiro atoms. The number of hydrogen-bond acceptors (Lipinski definition) is 7. The van der Waals surface area contributed by atoms with Crippen LogP contribution in [-0.2, 0) is 16.6 Å². The SMILES string of the molecule is CC(C)C(C)NC(=O)C1CCN(CC(=O)N2CCN(c3ncnc4c3cnn4C)CC2)CC1. The van der Waals surface area contributed by atoms with Crippen LogP contribution in [0.1, 0.15) is 33.6 Å². The Kier molecular flexibility index (Phi) is 7.11. The quantitative estimate of drug-likeness (QED) is 0.689. The summed E-state index contributed by atoms with van der Waals surface area (Å²) in [6.07, 6.45) is 5.00. The Bertz CT molecular complexity index is 974. The molecule has 2 saturated heterocycles. The fourth-order valence-electron chi connectivity index (χ4n) is 4.52. The number of carbonyl (C=O) groups excluding carboxylic acids is 2. The minimum Gasteiger partial charge on any atom is -0.353 e. The molecule has 0 aromatic carbocycles. The topological polar surface area (TPSA) is 99.5 Å². The van der Waals surface area contributed by atoms with Gasteiger partial charge >= 0.3 is 0 Å². The number of fused-ring (bicyclic) bond motifs is 1. The van der Waals surface area contributed by atoms with Crippen molar-refractivity contribution in [2.75, 3.05) is 50.7 Å². The molecule has 1 atom stereocenters. The van der Waals surface area contributed by atoms with E-state index in [4.69, 9.17) is 0 Å². The van der Waals surface area contributed by atoms with E-state index >= 15 is 0 Å². The van der Waals surface area contributed by atoms with Gasteiger partial charge in [0.1, 0.15) is 12.1 Å². The lowest BCUT2D eigenvalue weighted by Gasteiger charge is -2.37. The van der Waals surface area contributed by atoms with E-state index in [2.05, 4.69) is 51.0 Å². The second-order valence-corrected chi connectivity index (χ2v) is 9.66. The van der Waals surface area contributed by atoms with Gasteiger partial charge in [0.05, 0.1) is 18.1 Å². The molecule has 33 heavy (non-hydrogen) atoms. The van der Waals surface area contributed by atoms with Crippen molar-refractivity contribution in [3.05, 3.63) is 12.5 Å². The van der Waals surface area contributed by atoms with Gasteiger partial charge in [0.2, 0.25) is 11.8 Å². The summed E-state index contributed by atoms with van der Waals surface area (Å²) in [5, 5.41) is 8.36. The predicted octanol–water partition coefficient (Wildman–Crippen LogP) is 0.885. The van der Waals surface area contributed by atoms with E-state index in [1.807, 2.05) is 11.9 Å². The fraction of sp³-hybridized carbons (Fsp3) is 0.696. The number of piperazine rings is 1. The van der Waals surface area contributed by atoms with E-state index in [0.29, 0.717) is 25.6 Å². The largest absolute Gasteiger partial charge is 0.353 e. The number of amides is 2. The van der Waals surface area contributed by atoms with Crippen LogP contribution in [0.2, 0.25) is 0 Å². The van der Waals surface area contributed by atoms with Crippen LogP contribution < -0.4 is 10.2 Å². The molecule has 2 aliphatic heterocycles. The highest BCUT2D eigenvalue weighted by Gasteiger charge is 2.29. The Morgan fingerprint density at radius 2 is 1.76 bits per heavy atom. The van der Waals surface area contributed by atoms with Crippen molar-refractivity contribution in [1.29, 1.82) is 0 Å². The Labute approximate surface area is 195 Å². The fourth-order valence-corrected chi connectivity index (χ4v) is 4.52. The number of likely N-dealkylation sites (tertiary alicyclic amines) is 1. The molecule has 2 aliphatic rings. The molecule has 0 aliphatic carbocycles. The highest BCUT2D eigenvalue weighted by Crippen LogP contribution is 2.23. The van der Waals surface area contributed by atoms with Gasteiger partial charge in [-0.2, -0.15) is 5.10 Å². The molecule has 180 valence electrons. The van der Waals surface area contributed by atoms with Crippen LogP contribution in [0.25, 0.3) is 11.0 Å². The molecule has 0 radical (unpaired) electrons. The third kappa shape index (κ3) is 5.26. The van der Waals surface area contributed by atoms with Crippen molar-refractivity contribution >= 4 is 28.7 Å². The van der Waals surface area contributed by atoms with Gasteiger partial charge < -0.3 is 15.1 Å². The number of anilines is 1. The molecule has 1 unspecified atom stereocenters. The normalized spacial score (nSPS) is 19.3. The van der Waals surface area contributed by atoms with Crippen LogP contribution in [0.5, 0.6) is 0 Å². The number of nitrogens with one attached hydrogen (secondary N) is 1. The zero-order chi connectivity index (χ0) is 23.5. The smallest absolute Gasteiger partial charge is 0.236 e. The van der Waals surface area contributed by atoms with E-state index in [1.165, 1.54) is 0 Å². The maximum absolute atomic E-state index is 12.9. The lowest BCUT2D eigenvalue weighted by atomic mass is 9.95. The number of hydrogen-bond donors (Lipinski definition) is 1. The average Bonchev–Trinajstić information content (AvgIpc) is 3.20. The average molecular weight is 457 g/mol. The van der Waals surface area contributed by atoms with E-state index < -0.39 is 0 Å². The molecule has 1 N–H and O–H groups in total. The van der Waals surface area contributed by atoms with Crippen LogP contribution in [0.3, 0.4) is 0 Å². The van der Waals surface area contributed by atoms with Gasteiger partial charge in [0, 0.05) is 45.2 Å². The van der Waals surface area contributed by atoms with Crippen molar-refractivity contribution in [2.24, 2.45) is 18.9 Å². The monoisotopic (exact) mass is 456 g/mol. The zero-order valence-electron chi connectivity index (χ0n) is 20.2. The van der Waals surface area contributed by atoms with Gasteiger partial charge in [-0.1, -0.05) is 13.8 Å². The highest BCUT2D eigenvalue weighted by molar-refractivity contribution is 5.87. The van der Waals surface area contributed by atoms with Crippen LogP contribution in [-0.4, -0.2) is 93.2 Å². The first kappa shape index (κ1) is 23.4. The molecule has 2 aromatic rings. The predicted molar refractivity (Wildman–Crippen MR) is 127 cm³/mol. The number of carbonyl (C=O) groups is 2. The molecule has 4 heterocycles. The molecule has 2 aromatic heterocycles. The molecule has 10 nitrogen and oxygen atoms in total. The van der Waals surface area contributed by atoms with Crippen LogP contribution in [0, 0.1) is 11.8 Å². The summed E-state index contributed by atoms with van der Waals surface area (Å²) in [7, 11) is 1.87. The van der Waals surface area contributed by atoms with Crippen molar-refractivity contribution < 1.29 is 9.59 Å². The maximum atomic E-state index is 12.9. The third-order valence-corrected chi connectivity index (χ3v) is 7.13. The van der Waals surface area contributed by atoms with Crippen molar-refractivity contribution in [3.63, 3.8) is 0 Å². The first-order valence-corrected chi connectivity index (χ1v) is 12.0. The number of aryl methyl sites for hydroxylation is 1. The van der Waals surface area contributed by atoms with Crippen molar-refractivity contribution in [3.8, 4) is 0 Å². The van der Waals surface area contributed by atoms with E-state index in [9.17, 15) is 9.59 Å². The number of nitrogens with zero attached hydrogens (tertiary/aromatic N) is 7. The molecule has 10 heteroatoms. The highest BCUT2D eigenvalue weighted by atomic mass is 16.2. The standard InChI is InChI=1S/C23H36N8O2/c1-16(2)17(3)27-23(33)18-5-7-29(8-6-18)14-20(32)30-9-11-31(12-10-30)22-19-13-26-28(4)21(19)24-15-25-22/h13,15-18H,5-12,14H2,1-4H3,(H,27,33). The first-order valence-electron chi connectivity index (χ1n) is 12.0. The van der Waals surface area contributed by atoms with Crippen LogP contribution in [0.4, 0.5) is 5.82 Å². The molecular formula is C23H36N8O2. The molecular weight excluding hydrogens is 420 g/mol. The summed E-state index contributed by atoms with van der Waals surface area (Å²) in [6.45, 7) is 11.1. The number of piperidine rings is 1. The summed E-state index contributed by atoms with van der Waals surface area (Å²) in [5.74, 6) is 1.69. The molecule has 0 saturated carbocycles. The minimum absolute atomic E-state index is 0.0540. The summed E-state index contributed by atoms with van der Waals surface area (Å²) in [6, 6.07) is 0.187. The molecule has 4 rings (SSSR count). The Hall–Kier alpha value is -2.75. The molecule has 2 amide bonds. The summed E-state index contributed by atoms with van der Waals surface area (Å²) < 4.78 is 1.75. The van der Waals surface area contributed by atoms with Gasteiger partial charge in [-0.15, -0.1) is 0 Å². The number of rotatable bonds is 6. The lowest BCUT2D eigenvalue weighted by molar-refractivity contribution is -0.133.